The maximum Gasteiger partial charge on any atom is 0.276 e. The third-order valence-corrected chi connectivity index (χ3v) is 4.63. The summed E-state index contributed by atoms with van der Waals surface area (Å²) in [4.78, 5) is 26.0. The predicted molar refractivity (Wildman–Crippen MR) is 104 cm³/mol. The van der Waals surface area contributed by atoms with E-state index in [0.717, 1.165) is 5.56 Å². The molecule has 0 radical (unpaired) electrons. The molecule has 0 fully saturated rings. The maximum atomic E-state index is 13.3. The maximum absolute atomic E-state index is 13.3. The minimum atomic E-state index is -0.684. The van der Waals surface area contributed by atoms with Crippen molar-refractivity contribution in [1.82, 2.24) is 0 Å². The van der Waals surface area contributed by atoms with Crippen LogP contribution in [0, 0.1) is 17.0 Å². The zero-order valence-electron chi connectivity index (χ0n) is 14.6. The van der Waals surface area contributed by atoms with Gasteiger partial charge in [-0.15, -0.1) is 0 Å². The van der Waals surface area contributed by atoms with Gasteiger partial charge in [0.05, 0.1) is 16.1 Å². The molecule has 134 valence electrons. The molecule has 0 aliphatic carbocycles. The van der Waals surface area contributed by atoms with Gasteiger partial charge in [-0.3, -0.25) is 19.8 Å². The van der Waals surface area contributed by atoms with Crippen molar-refractivity contribution in [2.75, 3.05) is 10.2 Å². The SMILES string of the molecule is Cc1cccc(N2C(=O)c3ccccc3N[C@@H]2c2ccccc2[N+](=O)[O-])c1. The number of nitro benzene ring substituents is 1. The number of carbonyl (C=O) groups is 1. The second-order valence-corrected chi connectivity index (χ2v) is 6.42. The zero-order chi connectivity index (χ0) is 19.0. The summed E-state index contributed by atoms with van der Waals surface area (Å²) in [5.41, 5.74) is 3.29. The van der Waals surface area contributed by atoms with Gasteiger partial charge in [0, 0.05) is 17.4 Å². The molecule has 1 heterocycles. The highest BCUT2D eigenvalue weighted by molar-refractivity contribution is 6.12. The molecule has 0 spiro atoms. The van der Waals surface area contributed by atoms with Gasteiger partial charge >= 0.3 is 0 Å². The summed E-state index contributed by atoms with van der Waals surface area (Å²) in [7, 11) is 0. The molecular formula is C21H17N3O3. The smallest absolute Gasteiger partial charge is 0.276 e. The van der Waals surface area contributed by atoms with E-state index in [1.807, 2.05) is 43.3 Å². The number of carbonyl (C=O) groups excluding carboxylic acids is 1. The van der Waals surface area contributed by atoms with E-state index in [1.165, 1.54) is 6.07 Å². The normalized spacial score (nSPS) is 15.8. The van der Waals surface area contributed by atoms with Crippen LogP contribution in [0.2, 0.25) is 0 Å². The molecule has 0 aromatic heterocycles. The van der Waals surface area contributed by atoms with Crippen LogP contribution in [-0.2, 0) is 0 Å². The molecule has 3 aromatic rings. The lowest BCUT2D eigenvalue weighted by Crippen LogP contribution is -2.43. The summed E-state index contributed by atoms with van der Waals surface area (Å²) in [6.45, 7) is 1.94. The molecule has 27 heavy (non-hydrogen) atoms. The molecule has 1 atom stereocenters. The molecule has 0 saturated carbocycles. The number of rotatable bonds is 3. The zero-order valence-corrected chi connectivity index (χ0v) is 14.6. The Morgan fingerprint density at radius 1 is 1.00 bits per heavy atom. The van der Waals surface area contributed by atoms with Crippen molar-refractivity contribution in [2.45, 2.75) is 13.1 Å². The van der Waals surface area contributed by atoms with E-state index in [2.05, 4.69) is 5.32 Å². The van der Waals surface area contributed by atoms with E-state index >= 15 is 0 Å². The second-order valence-electron chi connectivity index (χ2n) is 6.42. The number of para-hydroxylation sites is 2. The largest absolute Gasteiger partial charge is 0.360 e. The molecule has 4 rings (SSSR count). The first-order chi connectivity index (χ1) is 13.1. The fraction of sp³-hybridized carbons (Fsp3) is 0.0952. The molecule has 1 aliphatic heterocycles. The van der Waals surface area contributed by atoms with Crippen molar-refractivity contribution in [3.05, 3.63) is 99.6 Å². The van der Waals surface area contributed by atoms with Crippen LogP contribution in [0.1, 0.15) is 27.7 Å². The van der Waals surface area contributed by atoms with E-state index < -0.39 is 11.1 Å². The summed E-state index contributed by atoms with van der Waals surface area (Å²) >= 11 is 0. The van der Waals surface area contributed by atoms with Crippen molar-refractivity contribution < 1.29 is 9.72 Å². The van der Waals surface area contributed by atoms with Crippen molar-refractivity contribution in [2.24, 2.45) is 0 Å². The molecule has 0 saturated heterocycles. The minimum absolute atomic E-state index is 0.0279. The Bertz CT molecular complexity index is 1050. The third-order valence-electron chi connectivity index (χ3n) is 4.63. The summed E-state index contributed by atoms with van der Waals surface area (Å²) in [5, 5.41) is 14.9. The van der Waals surface area contributed by atoms with Gasteiger partial charge in [-0.2, -0.15) is 0 Å². The van der Waals surface area contributed by atoms with E-state index in [0.29, 0.717) is 22.5 Å². The van der Waals surface area contributed by atoms with Gasteiger partial charge in [0.15, 0.2) is 0 Å². The van der Waals surface area contributed by atoms with Gasteiger partial charge in [-0.05, 0) is 42.8 Å². The summed E-state index contributed by atoms with van der Waals surface area (Å²) in [6, 6.07) is 21.2. The lowest BCUT2D eigenvalue weighted by atomic mass is 10.0. The third kappa shape index (κ3) is 2.91. The van der Waals surface area contributed by atoms with Gasteiger partial charge in [-0.25, -0.2) is 0 Å². The second kappa shape index (κ2) is 6.57. The molecule has 6 nitrogen and oxygen atoms in total. The van der Waals surface area contributed by atoms with Crippen LogP contribution in [0.3, 0.4) is 0 Å². The van der Waals surface area contributed by atoms with Gasteiger partial charge in [-0.1, -0.05) is 36.4 Å². The van der Waals surface area contributed by atoms with E-state index in [9.17, 15) is 14.9 Å². The number of anilines is 2. The van der Waals surface area contributed by atoms with Crippen LogP contribution in [-0.4, -0.2) is 10.8 Å². The van der Waals surface area contributed by atoms with Gasteiger partial charge in [0.2, 0.25) is 0 Å². The van der Waals surface area contributed by atoms with E-state index in [4.69, 9.17) is 0 Å². The lowest BCUT2D eigenvalue weighted by Gasteiger charge is -2.38. The van der Waals surface area contributed by atoms with Crippen LogP contribution in [0.4, 0.5) is 17.1 Å². The van der Waals surface area contributed by atoms with Crippen molar-refractivity contribution >= 4 is 23.0 Å². The fourth-order valence-electron chi connectivity index (χ4n) is 3.40. The Hall–Kier alpha value is -3.67. The van der Waals surface area contributed by atoms with Gasteiger partial charge < -0.3 is 5.32 Å². The summed E-state index contributed by atoms with van der Waals surface area (Å²) < 4.78 is 0. The van der Waals surface area contributed by atoms with E-state index in [-0.39, 0.29) is 11.6 Å². The Labute approximate surface area is 156 Å². The Morgan fingerprint density at radius 3 is 2.52 bits per heavy atom. The average molecular weight is 359 g/mol. The molecule has 0 unspecified atom stereocenters. The van der Waals surface area contributed by atoms with Crippen LogP contribution < -0.4 is 10.2 Å². The van der Waals surface area contributed by atoms with Crippen molar-refractivity contribution in [3.63, 3.8) is 0 Å². The lowest BCUT2D eigenvalue weighted by molar-refractivity contribution is -0.385. The monoisotopic (exact) mass is 359 g/mol. The quantitative estimate of drug-likeness (QED) is 0.544. The van der Waals surface area contributed by atoms with Crippen molar-refractivity contribution in [3.8, 4) is 0 Å². The van der Waals surface area contributed by atoms with Crippen LogP contribution in [0.25, 0.3) is 0 Å². The summed E-state index contributed by atoms with van der Waals surface area (Å²) in [6.07, 6.45) is -0.684. The topological polar surface area (TPSA) is 75.5 Å². The summed E-state index contributed by atoms with van der Waals surface area (Å²) in [5.74, 6) is -0.196. The molecule has 1 N–H and O–H groups in total. The molecule has 1 aliphatic rings. The van der Waals surface area contributed by atoms with Crippen molar-refractivity contribution in [1.29, 1.82) is 0 Å². The predicted octanol–water partition coefficient (Wildman–Crippen LogP) is 4.67. The van der Waals surface area contributed by atoms with Crippen LogP contribution >= 0.6 is 0 Å². The number of nitro groups is 1. The fourth-order valence-corrected chi connectivity index (χ4v) is 3.40. The first-order valence-corrected chi connectivity index (χ1v) is 8.55. The standard InChI is InChI=1S/C21H17N3O3/c1-14-7-6-8-15(13-14)23-20(17-10-3-5-12-19(17)24(26)27)22-18-11-4-2-9-16(18)21(23)25/h2-13,20,22H,1H3/t20-/m0/s1. The van der Waals surface area contributed by atoms with Gasteiger partial charge in [0.25, 0.3) is 11.6 Å². The van der Waals surface area contributed by atoms with Gasteiger partial charge in [0.1, 0.15) is 6.17 Å². The number of amides is 1. The van der Waals surface area contributed by atoms with E-state index in [1.54, 1.807) is 35.2 Å². The minimum Gasteiger partial charge on any atom is -0.360 e. The first-order valence-electron chi connectivity index (χ1n) is 8.55. The Kier molecular flexibility index (Phi) is 4.08. The van der Waals surface area contributed by atoms with Crippen LogP contribution in [0.5, 0.6) is 0 Å². The molecule has 1 amide bonds. The number of aryl methyl sites for hydroxylation is 1. The Balaban J connectivity index is 1.93. The highest BCUT2D eigenvalue weighted by Gasteiger charge is 2.37. The number of nitrogens with one attached hydrogen (secondary N) is 1. The number of hydrogen-bond donors (Lipinski definition) is 1. The molecule has 0 bridgehead atoms. The molecule has 3 aromatic carbocycles. The average Bonchev–Trinajstić information content (AvgIpc) is 2.68. The molecule has 6 heteroatoms. The highest BCUT2D eigenvalue weighted by Crippen LogP contribution is 2.39. The Morgan fingerprint density at radius 2 is 1.74 bits per heavy atom. The number of fused-ring (bicyclic) bond motifs is 1. The van der Waals surface area contributed by atoms with Crippen LogP contribution in [0.15, 0.2) is 72.8 Å². The number of nitrogens with zero attached hydrogens (tertiary/aromatic N) is 2. The first kappa shape index (κ1) is 16.8. The number of benzene rings is 3. The highest BCUT2D eigenvalue weighted by atomic mass is 16.6. The molecular weight excluding hydrogens is 342 g/mol. The number of hydrogen-bond acceptors (Lipinski definition) is 4.